The van der Waals surface area contributed by atoms with Crippen molar-refractivity contribution < 1.29 is 22.3 Å². The van der Waals surface area contributed by atoms with Gasteiger partial charge in [0.2, 0.25) is 0 Å². The summed E-state index contributed by atoms with van der Waals surface area (Å²) in [6, 6.07) is 4.16. The van der Waals surface area contributed by atoms with Gasteiger partial charge in [0.1, 0.15) is 35.7 Å². The van der Waals surface area contributed by atoms with Crippen LogP contribution in [0.3, 0.4) is 0 Å². The molecule has 2 bridgehead atoms. The first-order chi connectivity index (χ1) is 20.3. The van der Waals surface area contributed by atoms with E-state index in [0.29, 0.717) is 31.9 Å². The normalized spacial score (nSPS) is 27.4. The standard InChI is InChI=1S/C29H29F4N7OS/c30-14-9-29(6-1-7-40(29)10-14)13-41-28-37-23-18(26(38-28)39-11-15-2-3-16(12-39)35-15)8-20(32)21(22(23)33)17-4-5-19(31)25-24(17)36-27(34)42-25/h4-5,8,14-16,35H,1-3,6-7,9-13H2,(H2,34,36). The summed E-state index contributed by atoms with van der Waals surface area (Å²) < 4.78 is 67.6. The first kappa shape index (κ1) is 26.3. The molecule has 4 atom stereocenters. The van der Waals surface area contributed by atoms with Crippen LogP contribution in [0, 0.1) is 17.5 Å². The van der Waals surface area contributed by atoms with Gasteiger partial charge in [0, 0.05) is 49.1 Å². The van der Waals surface area contributed by atoms with Crippen molar-refractivity contribution in [2.45, 2.75) is 55.9 Å². The number of thiazole rings is 1. The van der Waals surface area contributed by atoms with Crippen LogP contribution in [-0.4, -0.2) is 76.4 Å². The van der Waals surface area contributed by atoms with Crippen LogP contribution >= 0.6 is 11.3 Å². The molecule has 4 aromatic rings. The van der Waals surface area contributed by atoms with Crippen molar-refractivity contribution in [1.29, 1.82) is 0 Å². The molecule has 4 saturated heterocycles. The Balaban J connectivity index is 1.27. The molecular weight excluding hydrogens is 570 g/mol. The van der Waals surface area contributed by atoms with Gasteiger partial charge in [-0.15, -0.1) is 0 Å². The molecule has 8 nitrogen and oxygen atoms in total. The molecule has 0 saturated carbocycles. The van der Waals surface area contributed by atoms with Gasteiger partial charge in [0.15, 0.2) is 10.9 Å². The van der Waals surface area contributed by atoms with Crippen LogP contribution in [0.4, 0.5) is 28.5 Å². The summed E-state index contributed by atoms with van der Waals surface area (Å²) in [5.74, 6) is -1.92. The second kappa shape index (κ2) is 9.61. The molecule has 4 aliphatic rings. The number of nitrogens with one attached hydrogen (secondary N) is 1. The zero-order chi connectivity index (χ0) is 28.7. The van der Waals surface area contributed by atoms with Gasteiger partial charge in [-0.2, -0.15) is 9.97 Å². The predicted molar refractivity (Wildman–Crippen MR) is 153 cm³/mol. The molecule has 8 rings (SSSR count). The fourth-order valence-electron chi connectivity index (χ4n) is 7.52. The number of hydrogen-bond donors (Lipinski definition) is 2. The summed E-state index contributed by atoms with van der Waals surface area (Å²) in [6.07, 6.45) is 3.23. The highest BCUT2D eigenvalue weighted by molar-refractivity contribution is 7.22. The summed E-state index contributed by atoms with van der Waals surface area (Å²) in [6.45, 7) is 2.62. The number of nitrogens with two attached hydrogens (primary N) is 1. The van der Waals surface area contributed by atoms with Gasteiger partial charge in [-0.3, -0.25) is 4.90 Å². The predicted octanol–water partition coefficient (Wildman–Crippen LogP) is 4.80. The Morgan fingerprint density at radius 2 is 1.86 bits per heavy atom. The van der Waals surface area contributed by atoms with E-state index in [1.807, 2.05) is 4.90 Å². The third-order valence-electron chi connectivity index (χ3n) is 9.37. The first-order valence-corrected chi connectivity index (χ1v) is 15.2. The number of nitrogen functional groups attached to an aromatic ring is 1. The molecule has 0 spiro atoms. The molecule has 2 aromatic heterocycles. The van der Waals surface area contributed by atoms with Crippen molar-refractivity contribution in [3.8, 4) is 17.1 Å². The number of fused-ring (bicyclic) bond motifs is 5. The van der Waals surface area contributed by atoms with Crippen molar-refractivity contribution in [3.63, 3.8) is 0 Å². The zero-order valence-electron chi connectivity index (χ0n) is 22.7. The third-order valence-corrected chi connectivity index (χ3v) is 10.3. The van der Waals surface area contributed by atoms with Crippen LogP contribution in [0.25, 0.3) is 32.2 Å². The van der Waals surface area contributed by atoms with Crippen molar-refractivity contribution in [2.75, 3.05) is 43.4 Å². The summed E-state index contributed by atoms with van der Waals surface area (Å²) in [5.41, 5.74) is 5.08. The second-order valence-electron chi connectivity index (χ2n) is 12.0. The molecule has 3 N–H and O–H groups in total. The van der Waals surface area contributed by atoms with E-state index in [1.165, 1.54) is 12.1 Å². The molecule has 0 aliphatic carbocycles. The topological polar surface area (TPSA) is 92.4 Å². The van der Waals surface area contributed by atoms with E-state index in [-0.39, 0.29) is 62.1 Å². The van der Waals surface area contributed by atoms with E-state index in [9.17, 15) is 8.78 Å². The van der Waals surface area contributed by atoms with Crippen LogP contribution < -0.4 is 20.7 Å². The molecular formula is C29H29F4N7OS. The molecule has 0 amide bonds. The number of nitrogens with zero attached hydrogens (tertiary/aromatic N) is 5. The summed E-state index contributed by atoms with van der Waals surface area (Å²) >= 11 is 0.916. The van der Waals surface area contributed by atoms with Gasteiger partial charge < -0.3 is 20.7 Å². The Morgan fingerprint density at radius 3 is 2.67 bits per heavy atom. The fourth-order valence-corrected chi connectivity index (χ4v) is 8.29. The SMILES string of the molecule is Nc1nc2c(-c3c(F)cc4c(N5CC6CCC(C5)N6)nc(OCC56CCCN5CC(F)C6)nc4c3F)ccc(F)c2s1. The average Bonchev–Trinajstić information content (AvgIpc) is 3.70. The maximum Gasteiger partial charge on any atom is 0.319 e. The summed E-state index contributed by atoms with van der Waals surface area (Å²) in [5, 5.41) is 3.89. The molecule has 4 fully saturated rings. The van der Waals surface area contributed by atoms with E-state index < -0.39 is 29.2 Å². The van der Waals surface area contributed by atoms with Crippen molar-refractivity contribution in [3.05, 3.63) is 35.7 Å². The van der Waals surface area contributed by atoms with E-state index in [2.05, 4.69) is 20.2 Å². The molecule has 42 heavy (non-hydrogen) atoms. The van der Waals surface area contributed by atoms with Gasteiger partial charge >= 0.3 is 6.01 Å². The molecule has 6 heterocycles. The van der Waals surface area contributed by atoms with Gasteiger partial charge in [-0.1, -0.05) is 11.3 Å². The number of hydrogen-bond acceptors (Lipinski definition) is 9. The van der Waals surface area contributed by atoms with Crippen molar-refractivity contribution in [1.82, 2.24) is 25.2 Å². The molecule has 13 heteroatoms. The van der Waals surface area contributed by atoms with Gasteiger partial charge in [-0.25, -0.2) is 22.5 Å². The number of benzene rings is 2. The monoisotopic (exact) mass is 599 g/mol. The van der Waals surface area contributed by atoms with Gasteiger partial charge in [0.05, 0.1) is 21.3 Å². The number of anilines is 2. The minimum Gasteiger partial charge on any atom is -0.461 e. The van der Waals surface area contributed by atoms with Crippen LogP contribution in [0.2, 0.25) is 0 Å². The average molecular weight is 600 g/mol. The van der Waals surface area contributed by atoms with Crippen LogP contribution in [-0.2, 0) is 0 Å². The lowest BCUT2D eigenvalue weighted by atomic mass is 9.95. The lowest BCUT2D eigenvalue weighted by Crippen LogP contribution is -2.51. The number of halogens is 4. The Morgan fingerprint density at radius 1 is 1.05 bits per heavy atom. The van der Waals surface area contributed by atoms with Gasteiger partial charge in [0.25, 0.3) is 0 Å². The Bertz CT molecular complexity index is 1720. The highest BCUT2D eigenvalue weighted by Crippen LogP contribution is 2.43. The number of ether oxygens (including phenoxy) is 1. The highest BCUT2D eigenvalue weighted by atomic mass is 32.1. The number of aromatic nitrogens is 3. The maximum absolute atomic E-state index is 16.5. The second-order valence-corrected chi connectivity index (χ2v) is 13.0. The number of piperazine rings is 1. The molecule has 220 valence electrons. The number of alkyl halides is 1. The van der Waals surface area contributed by atoms with E-state index >= 15 is 8.78 Å². The maximum atomic E-state index is 16.5. The Labute approximate surface area is 242 Å². The summed E-state index contributed by atoms with van der Waals surface area (Å²) in [7, 11) is 0. The quantitative estimate of drug-likeness (QED) is 0.316. The smallest absolute Gasteiger partial charge is 0.319 e. The summed E-state index contributed by atoms with van der Waals surface area (Å²) in [4.78, 5) is 17.5. The minimum atomic E-state index is -0.923. The third kappa shape index (κ3) is 4.11. The van der Waals surface area contributed by atoms with Crippen molar-refractivity contribution in [2.24, 2.45) is 0 Å². The van der Waals surface area contributed by atoms with E-state index in [0.717, 1.165) is 49.6 Å². The number of rotatable bonds is 5. The van der Waals surface area contributed by atoms with Gasteiger partial charge in [-0.05, 0) is 50.4 Å². The lowest BCUT2D eigenvalue weighted by Gasteiger charge is -2.34. The molecule has 0 radical (unpaired) electrons. The fraction of sp³-hybridized carbons (Fsp3) is 0.483. The zero-order valence-corrected chi connectivity index (χ0v) is 23.5. The molecule has 4 aliphatic heterocycles. The molecule has 4 unspecified atom stereocenters. The lowest BCUT2D eigenvalue weighted by molar-refractivity contribution is 0.107. The van der Waals surface area contributed by atoms with Crippen LogP contribution in [0.1, 0.15) is 32.1 Å². The van der Waals surface area contributed by atoms with E-state index in [4.69, 9.17) is 15.5 Å². The van der Waals surface area contributed by atoms with Crippen molar-refractivity contribution >= 4 is 43.4 Å². The Kier molecular flexibility index (Phi) is 6.03. The Hall–Kier alpha value is -3.29. The van der Waals surface area contributed by atoms with Crippen LogP contribution in [0.5, 0.6) is 6.01 Å². The largest absolute Gasteiger partial charge is 0.461 e. The molecule has 2 aromatic carbocycles. The first-order valence-electron chi connectivity index (χ1n) is 14.4. The minimum absolute atomic E-state index is 0.0365. The van der Waals surface area contributed by atoms with E-state index in [1.54, 1.807) is 0 Å². The van der Waals surface area contributed by atoms with Crippen LogP contribution in [0.15, 0.2) is 18.2 Å². The highest BCUT2D eigenvalue weighted by Gasteiger charge is 2.49.